The van der Waals surface area contributed by atoms with Crippen molar-refractivity contribution >= 4 is 28.6 Å². The predicted octanol–water partition coefficient (Wildman–Crippen LogP) is 5.92. The SMILES string of the molecule is Cc1cc2nc(-c3cccnc3N)n(-c3ccc(CCl)cc3)c2nc1-c1ccc(F)cc1. The molecule has 2 aromatic carbocycles. The molecule has 0 aliphatic heterocycles. The number of benzene rings is 2. The number of hydrogen-bond acceptors (Lipinski definition) is 4. The summed E-state index contributed by atoms with van der Waals surface area (Å²) >= 11 is 5.98. The minimum atomic E-state index is -0.286. The van der Waals surface area contributed by atoms with Crippen molar-refractivity contribution in [3.63, 3.8) is 0 Å². The van der Waals surface area contributed by atoms with Gasteiger partial charge in [0, 0.05) is 23.3 Å². The Hall–Kier alpha value is -3.77. The van der Waals surface area contributed by atoms with Crippen molar-refractivity contribution in [2.45, 2.75) is 12.8 Å². The van der Waals surface area contributed by atoms with E-state index < -0.39 is 0 Å². The second-order valence-corrected chi connectivity index (χ2v) is 7.78. The number of aryl methyl sites for hydroxylation is 1. The van der Waals surface area contributed by atoms with Gasteiger partial charge in [-0.1, -0.05) is 12.1 Å². The van der Waals surface area contributed by atoms with Crippen LogP contribution in [0.15, 0.2) is 72.9 Å². The fourth-order valence-electron chi connectivity index (χ4n) is 3.77. The molecule has 0 saturated heterocycles. The Balaban J connectivity index is 1.81. The average molecular weight is 444 g/mol. The molecule has 7 heteroatoms. The van der Waals surface area contributed by atoms with Gasteiger partial charge < -0.3 is 5.73 Å². The molecule has 0 aliphatic carbocycles. The van der Waals surface area contributed by atoms with E-state index >= 15 is 0 Å². The normalized spacial score (nSPS) is 11.2. The van der Waals surface area contributed by atoms with Crippen molar-refractivity contribution in [2.75, 3.05) is 5.73 Å². The molecule has 32 heavy (non-hydrogen) atoms. The molecule has 0 amide bonds. The van der Waals surface area contributed by atoms with Crippen molar-refractivity contribution in [3.8, 4) is 28.3 Å². The Morgan fingerprint density at radius 1 is 1.00 bits per heavy atom. The number of alkyl halides is 1. The lowest BCUT2D eigenvalue weighted by Gasteiger charge is -2.12. The number of nitrogens with two attached hydrogens (primary N) is 1. The first-order valence-corrected chi connectivity index (χ1v) is 10.6. The smallest absolute Gasteiger partial charge is 0.165 e. The average Bonchev–Trinajstić information content (AvgIpc) is 3.17. The van der Waals surface area contributed by atoms with E-state index in [0.717, 1.165) is 33.6 Å². The first kappa shape index (κ1) is 20.2. The second kappa shape index (κ2) is 8.05. The monoisotopic (exact) mass is 443 g/mol. The standard InChI is InChI=1S/C25H19ClFN5/c1-15-13-21-25(31-22(15)17-6-8-18(27)9-7-17)32(19-10-4-16(14-26)5-11-19)24(30-21)20-3-2-12-29-23(20)28/h2-13H,14H2,1H3,(H2,28,29). The fourth-order valence-corrected chi connectivity index (χ4v) is 3.94. The van der Waals surface area contributed by atoms with Crippen molar-refractivity contribution in [1.82, 2.24) is 19.5 Å². The van der Waals surface area contributed by atoms with E-state index in [1.807, 2.05) is 54.0 Å². The largest absolute Gasteiger partial charge is 0.383 e. The summed E-state index contributed by atoms with van der Waals surface area (Å²) in [5, 5.41) is 0. The van der Waals surface area contributed by atoms with Gasteiger partial charge in [0.15, 0.2) is 11.5 Å². The number of aromatic nitrogens is 4. The number of nitrogens with zero attached hydrogens (tertiary/aromatic N) is 4. The van der Waals surface area contributed by atoms with E-state index in [1.165, 1.54) is 12.1 Å². The van der Waals surface area contributed by atoms with E-state index in [2.05, 4.69) is 4.98 Å². The Labute approximate surface area is 189 Å². The highest BCUT2D eigenvalue weighted by Gasteiger charge is 2.19. The maximum Gasteiger partial charge on any atom is 0.165 e. The van der Waals surface area contributed by atoms with Crippen LogP contribution in [0.3, 0.4) is 0 Å². The summed E-state index contributed by atoms with van der Waals surface area (Å²) in [6, 6.07) is 19.9. The van der Waals surface area contributed by atoms with E-state index in [-0.39, 0.29) is 5.82 Å². The van der Waals surface area contributed by atoms with Crippen molar-refractivity contribution in [3.05, 3.63) is 89.9 Å². The maximum atomic E-state index is 13.5. The van der Waals surface area contributed by atoms with E-state index in [4.69, 9.17) is 27.3 Å². The minimum absolute atomic E-state index is 0.286. The molecule has 5 nitrogen and oxygen atoms in total. The molecule has 0 saturated carbocycles. The van der Waals surface area contributed by atoms with Crippen molar-refractivity contribution < 1.29 is 4.39 Å². The van der Waals surface area contributed by atoms with Gasteiger partial charge in [-0.05, 0) is 72.6 Å². The molecule has 0 spiro atoms. The van der Waals surface area contributed by atoms with Crippen LogP contribution in [-0.2, 0) is 5.88 Å². The zero-order valence-corrected chi connectivity index (χ0v) is 18.0. The van der Waals surface area contributed by atoms with Crippen LogP contribution in [0.1, 0.15) is 11.1 Å². The van der Waals surface area contributed by atoms with Crippen LogP contribution in [0, 0.1) is 12.7 Å². The van der Waals surface area contributed by atoms with Gasteiger partial charge in [-0.15, -0.1) is 11.6 Å². The van der Waals surface area contributed by atoms with Gasteiger partial charge in [-0.3, -0.25) is 4.57 Å². The Bertz CT molecular complexity index is 1430. The number of nitrogen functional groups attached to an aromatic ring is 1. The van der Waals surface area contributed by atoms with Gasteiger partial charge in [-0.25, -0.2) is 19.3 Å². The van der Waals surface area contributed by atoms with Crippen LogP contribution in [-0.4, -0.2) is 19.5 Å². The summed E-state index contributed by atoms with van der Waals surface area (Å²) in [5.41, 5.74) is 12.7. The van der Waals surface area contributed by atoms with Crippen LogP contribution >= 0.6 is 11.6 Å². The molecule has 0 aliphatic rings. The number of halogens is 2. The molecule has 3 aromatic heterocycles. The summed E-state index contributed by atoms with van der Waals surface area (Å²) in [7, 11) is 0. The molecule has 3 heterocycles. The molecule has 0 fully saturated rings. The lowest BCUT2D eigenvalue weighted by atomic mass is 10.1. The molecule has 0 bridgehead atoms. The third-order valence-electron chi connectivity index (χ3n) is 5.37. The number of anilines is 1. The first-order chi connectivity index (χ1) is 15.5. The highest BCUT2D eigenvalue weighted by atomic mass is 35.5. The molecule has 0 unspecified atom stereocenters. The number of hydrogen-bond donors (Lipinski definition) is 1. The summed E-state index contributed by atoms with van der Waals surface area (Å²) in [5.74, 6) is 1.18. The third-order valence-corrected chi connectivity index (χ3v) is 5.68. The van der Waals surface area contributed by atoms with Crippen molar-refractivity contribution in [1.29, 1.82) is 0 Å². The zero-order valence-electron chi connectivity index (χ0n) is 17.3. The van der Waals surface area contributed by atoms with E-state index in [0.29, 0.717) is 28.7 Å². The summed E-state index contributed by atoms with van der Waals surface area (Å²) in [6.07, 6.45) is 1.65. The molecule has 5 rings (SSSR count). The Morgan fingerprint density at radius 3 is 2.44 bits per heavy atom. The number of imidazole rings is 1. The minimum Gasteiger partial charge on any atom is -0.383 e. The van der Waals surface area contributed by atoms with Crippen LogP contribution in [0.4, 0.5) is 10.2 Å². The Morgan fingerprint density at radius 2 is 1.75 bits per heavy atom. The second-order valence-electron chi connectivity index (χ2n) is 7.51. The van der Waals surface area contributed by atoms with Gasteiger partial charge in [-0.2, -0.15) is 0 Å². The molecule has 5 aromatic rings. The molecule has 2 N–H and O–H groups in total. The third kappa shape index (κ3) is 3.48. The summed E-state index contributed by atoms with van der Waals surface area (Å²) < 4.78 is 15.4. The number of pyridine rings is 2. The highest BCUT2D eigenvalue weighted by Crippen LogP contribution is 2.33. The van der Waals surface area contributed by atoms with Gasteiger partial charge >= 0.3 is 0 Å². The number of fused-ring (bicyclic) bond motifs is 1. The molecular formula is C25H19ClFN5. The summed E-state index contributed by atoms with van der Waals surface area (Å²) in [4.78, 5) is 14.1. The predicted molar refractivity (Wildman–Crippen MR) is 126 cm³/mol. The fraction of sp³-hybridized carbons (Fsp3) is 0.0800. The zero-order chi connectivity index (χ0) is 22.2. The van der Waals surface area contributed by atoms with Gasteiger partial charge in [0.1, 0.15) is 17.2 Å². The summed E-state index contributed by atoms with van der Waals surface area (Å²) in [6.45, 7) is 1.97. The quantitative estimate of drug-likeness (QED) is 0.350. The van der Waals surface area contributed by atoms with Crippen LogP contribution < -0.4 is 5.73 Å². The van der Waals surface area contributed by atoms with Gasteiger partial charge in [0.2, 0.25) is 0 Å². The van der Waals surface area contributed by atoms with Gasteiger partial charge in [0.25, 0.3) is 0 Å². The van der Waals surface area contributed by atoms with E-state index in [1.54, 1.807) is 18.3 Å². The lowest BCUT2D eigenvalue weighted by Crippen LogP contribution is -2.02. The van der Waals surface area contributed by atoms with Crippen molar-refractivity contribution in [2.24, 2.45) is 0 Å². The lowest BCUT2D eigenvalue weighted by molar-refractivity contribution is 0.628. The molecular weight excluding hydrogens is 425 g/mol. The van der Waals surface area contributed by atoms with Crippen LogP contribution in [0.5, 0.6) is 0 Å². The first-order valence-electron chi connectivity index (χ1n) is 10.1. The van der Waals surface area contributed by atoms with Gasteiger partial charge in [0.05, 0.1) is 11.3 Å². The molecule has 0 radical (unpaired) electrons. The molecule has 158 valence electrons. The van der Waals surface area contributed by atoms with E-state index in [9.17, 15) is 4.39 Å². The number of rotatable bonds is 4. The van der Waals surface area contributed by atoms with Crippen LogP contribution in [0.2, 0.25) is 0 Å². The molecule has 0 atom stereocenters. The topological polar surface area (TPSA) is 69.6 Å². The maximum absolute atomic E-state index is 13.5. The Kier molecular flexibility index (Phi) is 5.07. The van der Waals surface area contributed by atoms with Crippen LogP contribution in [0.25, 0.3) is 39.5 Å². The highest BCUT2D eigenvalue weighted by molar-refractivity contribution is 6.17.